The van der Waals surface area contributed by atoms with Crippen molar-refractivity contribution >= 4 is 23.3 Å². The molecule has 2 rings (SSSR count). The zero-order chi connectivity index (χ0) is 14.3. The van der Waals surface area contributed by atoms with Crippen molar-refractivity contribution in [2.45, 2.75) is 51.9 Å². The van der Waals surface area contributed by atoms with Gasteiger partial charge in [-0.3, -0.25) is 0 Å². The molecule has 1 atom stereocenters. The molecule has 1 heterocycles. The first kappa shape index (κ1) is 15.0. The van der Waals surface area contributed by atoms with Crippen molar-refractivity contribution in [2.75, 3.05) is 0 Å². The maximum atomic E-state index is 5.85. The van der Waals surface area contributed by atoms with Gasteiger partial charge in [-0.15, -0.1) is 0 Å². The second kappa shape index (κ2) is 5.21. The molecule has 1 aliphatic rings. The van der Waals surface area contributed by atoms with Crippen LogP contribution in [0.2, 0.25) is 0 Å². The summed E-state index contributed by atoms with van der Waals surface area (Å²) < 4.78 is 18.6. The number of halogens is 1. The molecule has 3 nitrogen and oxygen atoms in total. The Kier molecular flexibility index (Phi) is 4.12. The zero-order valence-corrected chi connectivity index (χ0v) is 13.7. The Morgan fingerprint density at radius 3 is 2.00 bits per heavy atom. The van der Waals surface area contributed by atoms with Gasteiger partial charge in [0.2, 0.25) is 0 Å². The third-order valence-electron chi connectivity index (χ3n) is 3.89. The van der Waals surface area contributed by atoms with Gasteiger partial charge in [-0.05, 0) is 52.3 Å². The molecule has 1 fully saturated rings. The highest BCUT2D eigenvalue weighted by molar-refractivity contribution is 9.10. The smallest absolute Gasteiger partial charge is 0.379 e. The molecule has 0 N–H and O–H groups in total. The SMILES string of the molecule is CC(OB1OC(C)(C)C(C)(C)O1)c1ccc(Br)cc1. The molecule has 19 heavy (non-hydrogen) atoms. The van der Waals surface area contributed by atoms with E-state index in [2.05, 4.69) is 15.9 Å². The third kappa shape index (κ3) is 3.22. The predicted molar refractivity (Wildman–Crippen MR) is 79.7 cm³/mol. The molecule has 1 aromatic carbocycles. The van der Waals surface area contributed by atoms with Gasteiger partial charge in [0.1, 0.15) is 0 Å². The fourth-order valence-corrected chi connectivity index (χ4v) is 2.09. The van der Waals surface area contributed by atoms with Crippen LogP contribution in [-0.2, 0) is 14.0 Å². The first-order chi connectivity index (χ1) is 8.71. The number of rotatable bonds is 3. The average molecular weight is 327 g/mol. The second-order valence-electron chi connectivity index (χ2n) is 5.87. The van der Waals surface area contributed by atoms with E-state index in [4.69, 9.17) is 14.0 Å². The highest BCUT2D eigenvalue weighted by Gasteiger charge is 2.53. The molecular weight excluding hydrogens is 307 g/mol. The lowest BCUT2D eigenvalue weighted by atomic mass is 9.90. The summed E-state index contributed by atoms with van der Waals surface area (Å²) >= 11 is 3.42. The van der Waals surface area contributed by atoms with Crippen LogP contribution in [0.25, 0.3) is 0 Å². The average Bonchev–Trinajstić information content (AvgIpc) is 2.47. The highest BCUT2D eigenvalue weighted by Crippen LogP contribution is 2.38. The Bertz CT molecular complexity index is 429. The minimum atomic E-state index is -0.622. The summed E-state index contributed by atoms with van der Waals surface area (Å²) in [4.78, 5) is 0. The topological polar surface area (TPSA) is 27.7 Å². The molecule has 5 heteroatoms. The van der Waals surface area contributed by atoms with Crippen molar-refractivity contribution in [1.82, 2.24) is 0 Å². The van der Waals surface area contributed by atoms with Crippen LogP contribution in [0.4, 0.5) is 0 Å². The van der Waals surface area contributed by atoms with E-state index in [0.717, 1.165) is 10.0 Å². The zero-order valence-electron chi connectivity index (χ0n) is 12.1. The molecule has 1 saturated heterocycles. The number of hydrogen-bond acceptors (Lipinski definition) is 3. The molecule has 0 aliphatic carbocycles. The summed E-state index contributed by atoms with van der Waals surface area (Å²) in [5.41, 5.74) is 0.367. The van der Waals surface area contributed by atoms with Gasteiger partial charge in [-0.25, -0.2) is 0 Å². The Labute approximate surface area is 123 Å². The van der Waals surface area contributed by atoms with Crippen LogP contribution in [-0.4, -0.2) is 18.5 Å². The Hall–Kier alpha value is -0.355. The van der Waals surface area contributed by atoms with Crippen LogP contribution in [0, 0.1) is 0 Å². The van der Waals surface area contributed by atoms with Crippen LogP contribution in [0.1, 0.15) is 46.3 Å². The van der Waals surface area contributed by atoms with Gasteiger partial charge in [-0.2, -0.15) is 0 Å². The van der Waals surface area contributed by atoms with Crippen LogP contribution in [0.15, 0.2) is 28.7 Å². The van der Waals surface area contributed by atoms with Crippen LogP contribution in [0.5, 0.6) is 0 Å². The molecule has 1 aliphatic heterocycles. The largest absolute Gasteiger partial charge is 0.640 e. The monoisotopic (exact) mass is 326 g/mol. The fourth-order valence-electron chi connectivity index (χ4n) is 1.82. The quantitative estimate of drug-likeness (QED) is 0.782. The Morgan fingerprint density at radius 2 is 1.53 bits per heavy atom. The van der Waals surface area contributed by atoms with Gasteiger partial charge >= 0.3 is 7.32 Å². The van der Waals surface area contributed by atoms with Crippen LogP contribution < -0.4 is 0 Å². The lowest BCUT2D eigenvalue weighted by Gasteiger charge is -2.31. The number of hydrogen-bond donors (Lipinski definition) is 0. The van der Waals surface area contributed by atoms with Crippen molar-refractivity contribution in [1.29, 1.82) is 0 Å². The third-order valence-corrected chi connectivity index (χ3v) is 4.41. The first-order valence-electron chi connectivity index (χ1n) is 6.48. The molecule has 104 valence electrons. The highest BCUT2D eigenvalue weighted by atomic mass is 79.9. The molecule has 0 saturated carbocycles. The fraction of sp³-hybridized carbons (Fsp3) is 0.571. The van der Waals surface area contributed by atoms with Gasteiger partial charge in [-0.1, -0.05) is 28.1 Å². The first-order valence-corrected chi connectivity index (χ1v) is 7.27. The van der Waals surface area contributed by atoms with E-state index in [1.807, 2.05) is 58.9 Å². The van der Waals surface area contributed by atoms with Gasteiger partial charge in [0, 0.05) is 4.47 Å². The normalized spacial score (nSPS) is 22.5. The molecule has 0 bridgehead atoms. The Morgan fingerprint density at radius 1 is 1.05 bits per heavy atom. The van der Waals surface area contributed by atoms with Gasteiger partial charge in [0.05, 0.1) is 17.3 Å². The standard InChI is InChI=1S/C14H20BBrO3/c1-10(11-6-8-12(16)9-7-11)17-15-18-13(2,3)14(4,5)19-15/h6-10H,1-5H3. The van der Waals surface area contributed by atoms with Crippen molar-refractivity contribution in [2.24, 2.45) is 0 Å². The van der Waals surface area contributed by atoms with Crippen molar-refractivity contribution in [3.8, 4) is 0 Å². The number of benzene rings is 1. The summed E-state index contributed by atoms with van der Waals surface area (Å²) in [5.74, 6) is 0. The molecule has 0 spiro atoms. The molecule has 1 aromatic rings. The van der Waals surface area contributed by atoms with Gasteiger partial charge in [0.15, 0.2) is 0 Å². The van der Waals surface area contributed by atoms with E-state index >= 15 is 0 Å². The lowest BCUT2D eigenvalue weighted by Crippen LogP contribution is -2.41. The van der Waals surface area contributed by atoms with Crippen molar-refractivity contribution < 1.29 is 14.0 Å². The second-order valence-corrected chi connectivity index (χ2v) is 6.79. The van der Waals surface area contributed by atoms with Gasteiger partial charge < -0.3 is 14.0 Å². The van der Waals surface area contributed by atoms with Crippen LogP contribution >= 0.6 is 15.9 Å². The molecule has 1 unspecified atom stereocenters. The van der Waals surface area contributed by atoms with E-state index in [1.54, 1.807) is 0 Å². The molecule has 0 aromatic heterocycles. The summed E-state index contributed by atoms with van der Waals surface area (Å²) in [7, 11) is -0.622. The summed E-state index contributed by atoms with van der Waals surface area (Å²) in [5, 5.41) is 0. The minimum Gasteiger partial charge on any atom is -0.379 e. The molecule has 0 amide bonds. The van der Waals surface area contributed by atoms with E-state index in [0.29, 0.717) is 0 Å². The molecule has 0 radical (unpaired) electrons. The van der Waals surface area contributed by atoms with Gasteiger partial charge in [0.25, 0.3) is 0 Å². The van der Waals surface area contributed by atoms with Crippen LogP contribution in [0.3, 0.4) is 0 Å². The van der Waals surface area contributed by atoms with E-state index in [-0.39, 0.29) is 17.3 Å². The van der Waals surface area contributed by atoms with Crippen molar-refractivity contribution in [3.63, 3.8) is 0 Å². The summed E-state index contributed by atoms with van der Waals surface area (Å²) in [6.07, 6.45) is -0.0807. The van der Waals surface area contributed by atoms with E-state index in [9.17, 15) is 0 Å². The summed E-state index contributed by atoms with van der Waals surface area (Å²) in [6.45, 7) is 10.1. The maximum Gasteiger partial charge on any atom is 0.640 e. The lowest BCUT2D eigenvalue weighted by molar-refractivity contribution is 0.00578. The summed E-state index contributed by atoms with van der Waals surface area (Å²) in [6, 6.07) is 8.05. The van der Waals surface area contributed by atoms with E-state index < -0.39 is 7.32 Å². The maximum absolute atomic E-state index is 5.85. The van der Waals surface area contributed by atoms with Crippen molar-refractivity contribution in [3.05, 3.63) is 34.3 Å². The van der Waals surface area contributed by atoms with E-state index in [1.165, 1.54) is 0 Å². The Balaban J connectivity index is 2.01. The molecular formula is C14H20BBrO3. The predicted octanol–water partition coefficient (Wildman–Crippen LogP) is 4.12. The minimum absolute atomic E-state index is 0.0807.